The number of nitrogens with zero attached hydrogens (tertiary/aromatic N) is 3. The first-order chi connectivity index (χ1) is 15.1. The summed E-state index contributed by atoms with van der Waals surface area (Å²) in [6.07, 6.45) is -2.35. The average Bonchev–Trinajstić information content (AvgIpc) is 3.08. The molecule has 10 heteroatoms. The predicted molar refractivity (Wildman–Crippen MR) is 112 cm³/mol. The number of aryl methyl sites for hydroxylation is 2. The smallest absolute Gasteiger partial charge is 0.348 e. The van der Waals surface area contributed by atoms with Gasteiger partial charge in [-0.2, -0.15) is 18.3 Å². The third kappa shape index (κ3) is 5.20. The van der Waals surface area contributed by atoms with Crippen molar-refractivity contribution < 1.29 is 22.9 Å². The molecule has 166 valence electrons. The summed E-state index contributed by atoms with van der Waals surface area (Å²) in [5.41, 5.74) is 0.651. The number of nitro benzene ring substituents is 1. The Morgan fingerprint density at radius 2 is 1.91 bits per heavy atom. The van der Waals surface area contributed by atoms with Gasteiger partial charge in [0.2, 0.25) is 5.91 Å². The molecule has 0 radical (unpaired) electrons. The number of amides is 1. The van der Waals surface area contributed by atoms with Gasteiger partial charge in [-0.05, 0) is 49.8 Å². The largest absolute Gasteiger partial charge is 0.416 e. The van der Waals surface area contributed by atoms with Crippen molar-refractivity contribution in [1.82, 2.24) is 15.1 Å². The summed E-state index contributed by atoms with van der Waals surface area (Å²) < 4.78 is 42.3. The van der Waals surface area contributed by atoms with Crippen LogP contribution in [0, 0.1) is 24.0 Å². The molecule has 0 saturated carbocycles. The number of hydrogen-bond donors (Lipinski definition) is 1. The fourth-order valence-corrected chi connectivity index (χ4v) is 3.21. The summed E-state index contributed by atoms with van der Waals surface area (Å²) in [5, 5.41) is 17.6. The zero-order valence-electron chi connectivity index (χ0n) is 17.2. The van der Waals surface area contributed by atoms with Gasteiger partial charge in [-0.15, -0.1) is 0 Å². The number of nitrogens with one attached hydrogen (secondary N) is 1. The molecular weight excluding hydrogens is 425 g/mol. The van der Waals surface area contributed by atoms with Crippen LogP contribution in [0.5, 0.6) is 0 Å². The van der Waals surface area contributed by atoms with E-state index in [1.807, 2.05) is 0 Å². The quantitative estimate of drug-likeness (QED) is 0.338. The van der Waals surface area contributed by atoms with E-state index >= 15 is 0 Å². The second kappa shape index (κ2) is 9.04. The Morgan fingerprint density at radius 1 is 1.19 bits per heavy atom. The van der Waals surface area contributed by atoms with Gasteiger partial charge in [0.25, 0.3) is 5.69 Å². The zero-order chi connectivity index (χ0) is 23.5. The molecule has 32 heavy (non-hydrogen) atoms. The molecule has 1 heterocycles. The van der Waals surface area contributed by atoms with Crippen LogP contribution in [0.2, 0.25) is 0 Å². The molecule has 0 fully saturated rings. The minimum atomic E-state index is -4.63. The minimum Gasteiger partial charge on any atom is -0.348 e. The molecule has 1 N–H and O–H groups in total. The highest BCUT2D eigenvalue weighted by atomic mass is 19.4. The Bertz CT molecular complexity index is 1200. The van der Waals surface area contributed by atoms with Crippen molar-refractivity contribution in [1.29, 1.82) is 0 Å². The van der Waals surface area contributed by atoms with Crippen LogP contribution in [0.4, 0.5) is 18.9 Å². The summed E-state index contributed by atoms with van der Waals surface area (Å²) in [6, 6.07) is 11.3. The molecular formula is C22H19F3N4O3. The SMILES string of the molecule is Cc1cc(C)n(-c2ccc(CNC(=O)/C=C/c3ccccc3[N+](=O)[O-])c(C(F)(F)F)c2)n1. The highest BCUT2D eigenvalue weighted by molar-refractivity contribution is 5.92. The molecule has 1 aromatic heterocycles. The number of carbonyl (C=O) groups is 1. The van der Waals surface area contributed by atoms with Gasteiger partial charge in [-0.25, -0.2) is 4.68 Å². The lowest BCUT2D eigenvalue weighted by Gasteiger charge is -2.15. The van der Waals surface area contributed by atoms with Crippen LogP contribution in [0.3, 0.4) is 0 Å². The summed E-state index contributed by atoms with van der Waals surface area (Å²) in [7, 11) is 0. The first-order valence-electron chi connectivity index (χ1n) is 9.49. The predicted octanol–water partition coefficient (Wildman–Crippen LogP) is 4.75. The molecule has 3 rings (SSSR count). The number of benzene rings is 2. The molecule has 0 aliphatic rings. The molecule has 1 amide bonds. The Balaban J connectivity index is 1.79. The molecule has 3 aromatic rings. The van der Waals surface area contributed by atoms with E-state index < -0.39 is 22.6 Å². The van der Waals surface area contributed by atoms with E-state index in [2.05, 4.69) is 10.4 Å². The maximum atomic E-state index is 13.6. The third-order valence-corrected chi connectivity index (χ3v) is 4.65. The molecule has 0 saturated heterocycles. The van der Waals surface area contributed by atoms with E-state index in [1.165, 1.54) is 41.1 Å². The van der Waals surface area contributed by atoms with Crippen LogP contribution in [-0.4, -0.2) is 20.6 Å². The highest BCUT2D eigenvalue weighted by Crippen LogP contribution is 2.33. The van der Waals surface area contributed by atoms with Gasteiger partial charge < -0.3 is 5.32 Å². The molecule has 7 nitrogen and oxygen atoms in total. The van der Waals surface area contributed by atoms with Crippen LogP contribution < -0.4 is 5.32 Å². The summed E-state index contributed by atoms with van der Waals surface area (Å²) in [6.45, 7) is 3.12. The van der Waals surface area contributed by atoms with Gasteiger partial charge >= 0.3 is 6.18 Å². The van der Waals surface area contributed by atoms with Crippen molar-refractivity contribution in [2.75, 3.05) is 0 Å². The first kappa shape index (κ1) is 22.7. The molecule has 0 spiro atoms. The van der Waals surface area contributed by atoms with Crippen LogP contribution >= 0.6 is 0 Å². The monoisotopic (exact) mass is 444 g/mol. The maximum Gasteiger partial charge on any atom is 0.416 e. The van der Waals surface area contributed by atoms with Gasteiger partial charge in [-0.3, -0.25) is 14.9 Å². The number of halogens is 3. The van der Waals surface area contributed by atoms with Gasteiger partial charge in [0.05, 0.1) is 27.4 Å². The summed E-state index contributed by atoms with van der Waals surface area (Å²) in [4.78, 5) is 22.5. The van der Waals surface area contributed by atoms with Crippen LogP contribution in [0.25, 0.3) is 11.8 Å². The Hall–Kier alpha value is -3.95. The lowest BCUT2D eigenvalue weighted by atomic mass is 10.1. The molecule has 0 unspecified atom stereocenters. The van der Waals surface area contributed by atoms with Crippen LogP contribution in [-0.2, 0) is 17.5 Å². The van der Waals surface area contributed by atoms with E-state index in [1.54, 1.807) is 26.0 Å². The van der Waals surface area contributed by atoms with Crippen molar-refractivity contribution in [3.8, 4) is 5.69 Å². The van der Waals surface area contributed by atoms with Crippen LogP contribution in [0.15, 0.2) is 54.6 Å². The van der Waals surface area contributed by atoms with Gasteiger partial charge in [-0.1, -0.05) is 18.2 Å². The minimum absolute atomic E-state index is 0.116. The third-order valence-electron chi connectivity index (χ3n) is 4.65. The van der Waals surface area contributed by atoms with E-state index in [0.29, 0.717) is 11.4 Å². The molecule has 2 aromatic carbocycles. The van der Waals surface area contributed by atoms with E-state index in [-0.39, 0.29) is 29.0 Å². The second-order valence-corrected chi connectivity index (χ2v) is 7.05. The molecule has 0 aliphatic carbocycles. The average molecular weight is 444 g/mol. The van der Waals surface area contributed by atoms with Crippen molar-refractivity contribution in [2.24, 2.45) is 0 Å². The lowest BCUT2D eigenvalue weighted by molar-refractivity contribution is -0.385. The number of aromatic nitrogens is 2. The number of rotatable bonds is 6. The topological polar surface area (TPSA) is 90.1 Å². The molecule has 0 aliphatic heterocycles. The summed E-state index contributed by atoms with van der Waals surface area (Å²) >= 11 is 0. The number of carbonyl (C=O) groups excluding carboxylic acids is 1. The lowest BCUT2D eigenvalue weighted by Crippen LogP contribution is -2.23. The number of para-hydroxylation sites is 1. The Labute approximate surface area is 181 Å². The Morgan fingerprint density at radius 3 is 2.53 bits per heavy atom. The van der Waals surface area contributed by atoms with Crippen molar-refractivity contribution in [3.63, 3.8) is 0 Å². The number of alkyl halides is 3. The van der Waals surface area contributed by atoms with Gasteiger partial charge in [0, 0.05) is 24.4 Å². The normalized spacial score (nSPS) is 11.7. The first-order valence-corrected chi connectivity index (χ1v) is 9.49. The van der Waals surface area contributed by atoms with Gasteiger partial charge in [0.1, 0.15) is 0 Å². The van der Waals surface area contributed by atoms with E-state index in [0.717, 1.165) is 12.1 Å². The Kier molecular flexibility index (Phi) is 6.42. The standard InChI is InChI=1S/C22H19F3N4O3/c1-14-11-15(2)28(27-14)18-9-7-17(19(12-18)22(23,24)25)13-26-21(30)10-8-16-5-3-4-6-20(16)29(31)32/h3-12H,13H2,1-2H3,(H,26,30)/b10-8+. The zero-order valence-corrected chi connectivity index (χ0v) is 17.2. The maximum absolute atomic E-state index is 13.6. The number of hydrogen-bond acceptors (Lipinski definition) is 4. The number of nitro groups is 1. The van der Waals surface area contributed by atoms with Gasteiger partial charge in [0.15, 0.2) is 0 Å². The van der Waals surface area contributed by atoms with Crippen molar-refractivity contribution in [2.45, 2.75) is 26.6 Å². The fourth-order valence-electron chi connectivity index (χ4n) is 3.21. The summed E-state index contributed by atoms with van der Waals surface area (Å²) in [5.74, 6) is -0.682. The second-order valence-electron chi connectivity index (χ2n) is 7.05. The van der Waals surface area contributed by atoms with Crippen LogP contribution in [0.1, 0.15) is 28.1 Å². The molecule has 0 bridgehead atoms. The fraction of sp³-hybridized carbons (Fsp3) is 0.182. The van der Waals surface area contributed by atoms with E-state index in [4.69, 9.17) is 0 Å². The van der Waals surface area contributed by atoms with Crippen molar-refractivity contribution >= 4 is 17.7 Å². The van der Waals surface area contributed by atoms with Crippen molar-refractivity contribution in [3.05, 3.63) is 92.8 Å². The highest BCUT2D eigenvalue weighted by Gasteiger charge is 2.34. The molecule has 0 atom stereocenters. The van der Waals surface area contributed by atoms with E-state index in [9.17, 15) is 28.1 Å².